The summed E-state index contributed by atoms with van der Waals surface area (Å²) < 4.78 is 0. The Hall–Kier alpha value is -0.910. The number of hydrogen-bond donors (Lipinski definition) is 2. The molecule has 1 aliphatic rings. The molecule has 0 bridgehead atoms. The second kappa shape index (κ2) is 6.74. The Morgan fingerprint density at radius 2 is 2.47 bits per heavy atom. The van der Waals surface area contributed by atoms with E-state index < -0.39 is 0 Å². The minimum Gasteiger partial charge on any atom is -0.348 e. The Labute approximate surface area is 111 Å². The largest absolute Gasteiger partial charge is 0.348 e. The van der Waals surface area contributed by atoms with Crippen LogP contribution in [0.15, 0.2) is 17.8 Å². The number of amides is 1. The third-order valence-electron chi connectivity index (χ3n) is 2.48. The van der Waals surface area contributed by atoms with Gasteiger partial charge in [0.2, 0.25) is 0 Å². The van der Waals surface area contributed by atoms with Crippen molar-refractivity contribution in [2.75, 3.05) is 19.6 Å². The van der Waals surface area contributed by atoms with Gasteiger partial charge in [0.05, 0.1) is 11.2 Å². The van der Waals surface area contributed by atoms with Gasteiger partial charge in [-0.25, -0.2) is 4.98 Å². The Kier molecular flexibility index (Phi) is 5.61. The van der Waals surface area contributed by atoms with Gasteiger partial charge in [-0.3, -0.25) is 4.79 Å². The number of thiazole rings is 1. The summed E-state index contributed by atoms with van der Waals surface area (Å²) in [6, 6.07) is 0. The zero-order valence-electron chi connectivity index (χ0n) is 9.66. The van der Waals surface area contributed by atoms with Crippen molar-refractivity contribution < 1.29 is 4.79 Å². The number of nitrogens with one attached hydrogen (secondary N) is 2. The third kappa shape index (κ3) is 4.11. The molecule has 0 atom stereocenters. The molecule has 4 nitrogen and oxygen atoms in total. The molecule has 2 N–H and O–H groups in total. The first kappa shape index (κ1) is 14.2. The molecule has 0 saturated carbocycles. The van der Waals surface area contributed by atoms with Gasteiger partial charge in [-0.2, -0.15) is 0 Å². The first-order valence-corrected chi connectivity index (χ1v) is 6.16. The van der Waals surface area contributed by atoms with Gasteiger partial charge < -0.3 is 10.6 Å². The van der Waals surface area contributed by atoms with Crippen LogP contribution in [0, 0.1) is 6.92 Å². The highest BCUT2D eigenvalue weighted by atomic mass is 35.5. The van der Waals surface area contributed by atoms with Crippen LogP contribution in [0.25, 0.3) is 0 Å². The van der Waals surface area contributed by atoms with E-state index in [1.165, 1.54) is 16.9 Å². The molecular weight excluding hydrogens is 258 g/mol. The van der Waals surface area contributed by atoms with Gasteiger partial charge >= 0.3 is 0 Å². The molecule has 0 unspecified atom stereocenters. The number of aryl methyl sites for hydroxylation is 1. The number of aromatic nitrogens is 1. The van der Waals surface area contributed by atoms with E-state index in [0.717, 1.165) is 24.5 Å². The van der Waals surface area contributed by atoms with Crippen molar-refractivity contribution in [2.45, 2.75) is 13.3 Å². The fourth-order valence-electron chi connectivity index (χ4n) is 1.58. The molecule has 0 aromatic carbocycles. The van der Waals surface area contributed by atoms with E-state index in [2.05, 4.69) is 21.7 Å². The highest BCUT2D eigenvalue weighted by Crippen LogP contribution is 2.11. The molecule has 17 heavy (non-hydrogen) atoms. The Bertz CT molecular complexity index is 417. The molecule has 6 heteroatoms. The average molecular weight is 274 g/mol. The summed E-state index contributed by atoms with van der Waals surface area (Å²) in [6.45, 7) is 4.46. The Balaban J connectivity index is 0.00000144. The van der Waals surface area contributed by atoms with E-state index in [1.807, 2.05) is 6.92 Å². The number of nitrogens with zero attached hydrogens (tertiary/aromatic N) is 1. The Morgan fingerprint density at radius 3 is 3.06 bits per heavy atom. The van der Waals surface area contributed by atoms with Crippen molar-refractivity contribution in [1.82, 2.24) is 15.6 Å². The van der Waals surface area contributed by atoms with Crippen molar-refractivity contribution >= 4 is 29.7 Å². The lowest BCUT2D eigenvalue weighted by atomic mass is 10.1. The van der Waals surface area contributed by atoms with Crippen LogP contribution in [-0.4, -0.2) is 30.5 Å². The van der Waals surface area contributed by atoms with Gasteiger partial charge in [-0.15, -0.1) is 23.7 Å². The van der Waals surface area contributed by atoms with Gasteiger partial charge in [0.15, 0.2) is 0 Å². The average Bonchev–Trinajstić information content (AvgIpc) is 2.74. The van der Waals surface area contributed by atoms with Crippen LogP contribution < -0.4 is 10.6 Å². The topological polar surface area (TPSA) is 54.0 Å². The predicted octanol–water partition coefficient (Wildman–Crippen LogP) is 1.52. The zero-order valence-corrected chi connectivity index (χ0v) is 11.3. The van der Waals surface area contributed by atoms with E-state index in [4.69, 9.17) is 0 Å². The van der Waals surface area contributed by atoms with Gasteiger partial charge in [-0.1, -0.05) is 11.6 Å². The van der Waals surface area contributed by atoms with Crippen LogP contribution in [0.3, 0.4) is 0 Å². The van der Waals surface area contributed by atoms with Gasteiger partial charge in [0, 0.05) is 13.1 Å². The van der Waals surface area contributed by atoms with Crippen molar-refractivity contribution in [3.05, 3.63) is 27.7 Å². The predicted molar refractivity (Wildman–Crippen MR) is 72.0 cm³/mol. The monoisotopic (exact) mass is 273 g/mol. The standard InChI is InChI=1S/C11H15N3OS.ClH/c1-8-13-7-10(16-8)11(15)14-6-9-2-4-12-5-3-9;/h2,7,12H,3-6H2,1H3,(H,14,15);1H. The molecule has 0 aliphatic carbocycles. The second-order valence-electron chi connectivity index (χ2n) is 3.74. The summed E-state index contributed by atoms with van der Waals surface area (Å²) in [5.74, 6) is -0.0231. The third-order valence-corrected chi connectivity index (χ3v) is 3.39. The lowest BCUT2D eigenvalue weighted by Gasteiger charge is -2.14. The van der Waals surface area contributed by atoms with Crippen LogP contribution in [0.1, 0.15) is 21.1 Å². The number of halogens is 1. The number of hydrogen-bond acceptors (Lipinski definition) is 4. The van der Waals surface area contributed by atoms with E-state index in [1.54, 1.807) is 6.20 Å². The molecule has 0 fully saturated rings. The molecular formula is C11H16ClN3OS. The highest BCUT2D eigenvalue weighted by Gasteiger charge is 2.09. The van der Waals surface area contributed by atoms with Crippen LogP contribution in [0.5, 0.6) is 0 Å². The molecule has 0 radical (unpaired) electrons. The van der Waals surface area contributed by atoms with E-state index in [9.17, 15) is 4.79 Å². The first-order valence-electron chi connectivity index (χ1n) is 5.35. The first-order chi connectivity index (χ1) is 7.75. The maximum absolute atomic E-state index is 11.7. The molecule has 1 aromatic rings. The molecule has 1 aromatic heterocycles. The van der Waals surface area contributed by atoms with E-state index in [-0.39, 0.29) is 18.3 Å². The maximum atomic E-state index is 11.7. The van der Waals surface area contributed by atoms with Gasteiger partial charge in [0.25, 0.3) is 5.91 Å². The normalized spacial score (nSPS) is 14.8. The van der Waals surface area contributed by atoms with E-state index in [0.29, 0.717) is 11.4 Å². The molecule has 94 valence electrons. The summed E-state index contributed by atoms with van der Waals surface area (Å²) in [4.78, 5) is 16.5. The van der Waals surface area contributed by atoms with E-state index >= 15 is 0 Å². The van der Waals surface area contributed by atoms with Crippen molar-refractivity contribution in [3.8, 4) is 0 Å². The zero-order chi connectivity index (χ0) is 11.4. The van der Waals surface area contributed by atoms with Crippen LogP contribution in [0.4, 0.5) is 0 Å². The van der Waals surface area contributed by atoms with Crippen LogP contribution in [0.2, 0.25) is 0 Å². The minimum atomic E-state index is -0.0231. The Morgan fingerprint density at radius 1 is 1.65 bits per heavy atom. The number of rotatable bonds is 3. The molecule has 1 amide bonds. The number of carbonyl (C=O) groups excluding carboxylic acids is 1. The summed E-state index contributed by atoms with van der Waals surface area (Å²) in [5.41, 5.74) is 1.30. The fourth-order valence-corrected chi connectivity index (χ4v) is 2.27. The van der Waals surface area contributed by atoms with Gasteiger partial charge in [-0.05, 0) is 19.9 Å². The highest BCUT2D eigenvalue weighted by molar-refractivity contribution is 7.13. The summed E-state index contributed by atoms with van der Waals surface area (Å²) in [6.07, 6.45) is 4.79. The summed E-state index contributed by atoms with van der Waals surface area (Å²) in [7, 11) is 0. The smallest absolute Gasteiger partial charge is 0.263 e. The van der Waals surface area contributed by atoms with Gasteiger partial charge in [0.1, 0.15) is 4.88 Å². The molecule has 1 aliphatic heterocycles. The van der Waals surface area contributed by atoms with Crippen molar-refractivity contribution in [3.63, 3.8) is 0 Å². The maximum Gasteiger partial charge on any atom is 0.263 e. The summed E-state index contributed by atoms with van der Waals surface area (Å²) in [5, 5.41) is 7.08. The van der Waals surface area contributed by atoms with Crippen LogP contribution >= 0.6 is 23.7 Å². The van der Waals surface area contributed by atoms with Crippen molar-refractivity contribution in [2.24, 2.45) is 0 Å². The molecule has 2 rings (SSSR count). The number of carbonyl (C=O) groups is 1. The molecule has 2 heterocycles. The summed E-state index contributed by atoms with van der Waals surface area (Å²) >= 11 is 1.43. The minimum absolute atomic E-state index is 0. The molecule has 0 saturated heterocycles. The quantitative estimate of drug-likeness (QED) is 0.821. The lowest BCUT2D eigenvalue weighted by Crippen LogP contribution is -2.29. The fraction of sp³-hybridized carbons (Fsp3) is 0.455. The van der Waals surface area contributed by atoms with Crippen molar-refractivity contribution in [1.29, 1.82) is 0 Å². The van der Waals surface area contributed by atoms with Crippen LogP contribution in [-0.2, 0) is 0 Å². The SMILES string of the molecule is Cc1ncc(C(=O)NCC2=CCNCC2)s1.Cl. The molecule has 0 spiro atoms. The second-order valence-corrected chi connectivity index (χ2v) is 4.98. The lowest BCUT2D eigenvalue weighted by molar-refractivity contribution is 0.0960.